The van der Waals surface area contributed by atoms with E-state index in [-0.39, 0.29) is 18.3 Å². The molecule has 5 unspecified atom stereocenters. The molecule has 0 spiro atoms. The molecule has 1 aromatic rings. The molecule has 10 nitrogen and oxygen atoms in total. The number of carbonyl (C=O) groups is 4. The van der Waals surface area contributed by atoms with E-state index in [1.165, 1.54) is 0 Å². The number of aliphatic carboxylic acids is 1. The van der Waals surface area contributed by atoms with E-state index in [1.807, 2.05) is 37.3 Å². The summed E-state index contributed by atoms with van der Waals surface area (Å²) in [5, 5.41) is 17.5. The van der Waals surface area contributed by atoms with E-state index in [1.54, 1.807) is 20.8 Å². The summed E-state index contributed by atoms with van der Waals surface area (Å²) in [4.78, 5) is 50.7. The van der Waals surface area contributed by atoms with Gasteiger partial charge in [0.2, 0.25) is 17.7 Å². The molecule has 0 aliphatic rings. The Morgan fingerprint density at radius 2 is 1.50 bits per heavy atom. The topological polar surface area (TPSA) is 177 Å². The van der Waals surface area contributed by atoms with Gasteiger partial charge < -0.3 is 32.5 Å². The van der Waals surface area contributed by atoms with Crippen LogP contribution in [0.15, 0.2) is 30.3 Å². The summed E-state index contributed by atoms with van der Waals surface area (Å²) < 4.78 is 0. The number of hydrogen-bond donors (Lipinski definition) is 6. The first-order valence-electron chi connectivity index (χ1n) is 12.6. The van der Waals surface area contributed by atoms with E-state index in [0.29, 0.717) is 25.8 Å². The molecule has 0 aromatic heterocycles. The van der Waals surface area contributed by atoms with Crippen LogP contribution in [0, 0.1) is 11.8 Å². The lowest BCUT2D eigenvalue weighted by molar-refractivity contribution is -0.144. The normalized spacial score (nSPS) is 15.3. The minimum absolute atomic E-state index is 0.199. The second kappa shape index (κ2) is 15.9. The van der Waals surface area contributed by atoms with Crippen molar-refractivity contribution in [3.8, 4) is 0 Å². The second-order valence-corrected chi connectivity index (χ2v) is 9.58. The standard InChI is InChI=1S/C26H43N5O5/c1-5-17(4)22(26(35)36)31-25(34)21(16(2)3)30-24(33)20(15-18-11-7-6-8-12-18)29-23(32)19(28)13-9-10-14-27/h6-8,11-12,16-17,19-22H,5,9-10,13-15,27-28H2,1-4H3,(H,29,32)(H,30,33)(H,31,34)(H,35,36). The number of rotatable bonds is 16. The molecule has 10 heteroatoms. The second-order valence-electron chi connectivity index (χ2n) is 9.58. The van der Waals surface area contributed by atoms with E-state index in [2.05, 4.69) is 16.0 Å². The van der Waals surface area contributed by atoms with Gasteiger partial charge in [-0.25, -0.2) is 4.79 Å². The largest absolute Gasteiger partial charge is 0.480 e. The van der Waals surface area contributed by atoms with Gasteiger partial charge in [0.15, 0.2) is 0 Å². The maximum Gasteiger partial charge on any atom is 0.326 e. The fourth-order valence-electron chi connectivity index (χ4n) is 3.69. The van der Waals surface area contributed by atoms with Crippen molar-refractivity contribution in [3.63, 3.8) is 0 Å². The van der Waals surface area contributed by atoms with Crippen molar-refractivity contribution in [2.45, 2.75) is 84.0 Å². The Balaban J connectivity index is 3.04. The first kappa shape index (κ1) is 31.1. The number of hydrogen-bond acceptors (Lipinski definition) is 6. The van der Waals surface area contributed by atoms with Gasteiger partial charge in [0, 0.05) is 6.42 Å². The number of carbonyl (C=O) groups excluding carboxylic acids is 3. The lowest BCUT2D eigenvalue weighted by Crippen LogP contribution is -2.59. The van der Waals surface area contributed by atoms with Gasteiger partial charge in [-0.05, 0) is 36.8 Å². The molecule has 0 radical (unpaired) electrons. The summed E-state index contributed by atoms with van der Waals surface area (Å²) in [6.07, 6.45) is 2.63. The van der Waals surface area contributed by atoms with E-state index < -0.39 is 47.9 Å². The van der Waals surface area contributed by atoms with Crippen LogP contribution in [0.3, 0.4) is 0 Å². The molecule has 0 saturated heterocycles. The Morgan fingerprint density at radius 3 is 2.03 bits per heavy atom. The van der Waals surface area contributed by atoms with E-state index >= 15 is 0 Å². The summed E-state index contributed by atoms with van der Waals surface area (Å²) >= 11 is 0. The molecule has 0 fully saturated rings. The molecule has 0 heterocycles. The Hall–Kier alpha value is -2.98. The number of nitrogens with one attached hydrogen (secondary N) is 3. The van der Waals surface area contributed by atoms with Gasteiger partial charge in [0.05, 0.1) is 6.04 Å². The summed E-state index contributed by atoms with van der Waals surface area (Å²) in [6.45, 7) is 7.59. The van der Waals surface area contributed by atoms with E-state index in [0.717, 1.165) is 12.0 Å². The quantitative estimate of drug-likeness (QED) is 0.181. The lowest BCUT2D eigenvalue weighted by Gasteiger charge is -2.28. The Bertz CT molecular complexity index is 848. The van der Waals surface area contributed by atoms with Gasteiger partial charge in [-0.1, -0.05) is 70.9 Å². The van der Waals surface area contributed by atoms with Crippen molar-refractivity contribution < 1.29 is 24.3 Å². The van der Waals surface area contributed by atoms with Gasteiger partial charge in [-0.3, -0.25) is 14.4 Å². The molecule has 5 atom stereocenters. The number of unbranched alkanes of at least 4 members (excludes halogenated alkanes) is 1. The highest BCUT2D eigenvalue weighted by Gasteiger charge is 2.33. The molecule has 202 valence electrons. The van der Waals surface area contributed by atoms with E-state index in [4.69, 9.17) is 11.5 Å². The van der Waals surface area contributed by atoms with Crippen LogP contribution in [0.2, 0.25) is 0 Å². The smallest absolute Gasteiger partial charge is 0.326 e. The number of carboxylic acids is 1. The highest BCUT2D eigenvalue weighted by molar-refractivity contribution is 5.94. The zero-order chi connectivity index (χ0) is 27.3. The fraction of sp³-hybridized carbons (Fsp3) is 0.615. The molecule has 0 aliphatic carbocycles. The fourth-order valence-corrected chi connectivity index (χ4v) is 3.69. The number of nitrogens with two attached hydrogens (primary N) is 2. The van der Waals surface area contributed by atoms with Crippen molar-refractivity contribution in [1.82, 2.24) is 16.0 Å². The molecule has 1 aromatic carbocycles. The number of benzene rings is 1. The van der Waals surface area contributed by atoms with Crippen molar-refractivity contribution in [1.29, 1.82) is 0 Å². The molecular weight excluding hydrogens is 462 g/mol. The van der Waals surface area contributed by atoms with Gasteiger partial charge in [0.1, 0.15) is 18.1 Å². The van der Waals surface area contributed by atoms with Crippen LogP contribution in [0.25, 0.3) is 0 Å². The van der Waals surface area contributed by atoms with Crippen LogP contribution in [0.4, 0.5) is 0 Å². The third-order valence-corrected chi connectivity index (χ3v) is 6.25. The molecule has 1 rings (SSSR count). The van der Waals surface area contributed by atoms with Crippen LogP contribution >= 0.6 is 0 Å². The monoisotopic (exact) mass is 505 g/mol. The van der Waals surface area contributed by atoms with Crippen LogP contribution < -0.4 is 27.4 Å². The van der Waals surface area contributed by atoms with Crippen LogP contribution in [0.5, 0.6) is 0 Å². The molecule has 0 bridgehead atoms. The summed E-state index contributed by atoms with van der Waals surface area (Å²) in [5.74, 6) is -3.35. The maximum atomic E-state index is 13.3. The van der Waals surface area contributed by atoms with Gasteiger partial charge in [-0.2, -0.15) is 0 Å². The minimum atomic E-state index is -1.13. The van der Waals surface area contributed by atoms with Crippen molar-refractivity contribution in [3.05, 3.63) is 35.9 Å². The third-order valence-electron chi connectivity index (χ3n) is 6.25. The van der Waals surface area contributed by atoms with Crippen molar-refractivity contribution >= 4 is 23.7 Å². The average Bonchev–Trinajstić information content (AvgIpc) is 2.84. The van der Waals surface area contributed by atoms with Crippen LogP contribution in [0.1, 0.15) is 58.9 Å². The summed E-state index contributed by atoms with van der Waals surface area (Å²) in [5.41, 5.74) is 12.3. The van der Waals surface area contributed by atoms with E-state index in [9.17, 15) is 24.3 Å². The Morgan fingerprint density at radius 1 is 0.889 bits per heavy atom. The predicted octanol–water partition coefficient (Wildman–Crippen LogP) is 0.927. The molecule has 8 N–H and O–H groups in total. The minimum Gasteiger partial charge on any atom is -0.480 e. The van der Waals surface area contributed by atoms with Crippen LogP contribution in [-0.4, -0.2) is 59.5 Å². The summed E-state index contributed by atoms with van der Waals surface area (Å²) in [7, 11) is 0. The molecule has 36 heavy (non-hydrogen) atoms. The molecular formula is C26H43N5O5. The number of carboxylic acid groups (broad SMARTS) is 1. The van der Waals surface area contributed by atoms with Crippen LogP contribution in [-0.2, 0) is 25.6 Å². The number of amides is 3. The Labute approximate surface area is 213 Å². The van der Waals surface area contributed by atoms with Crippen molar-refractivity contribution in [2.75, 3.05) is 6.54 Å². The average molecular weight is 506 g/mol. The van der Waals surface area contributed by atoms with Crippen molar-refractivity contribution in [2.24, 2.45) is 23.3 Å². The highest BCUT2D eigenvalue weighted by Crippen LogP contribution is 2.11. The SMILES string of the molecule is CCC(C)C(NC(=O)C(NC(=O)C(Cc1ccccc1)NC(=O)C(N)CCCCN)C(C)C)C(=O)O. The van der Waals surface area contributed by atoms with Gasteiger partial charge in [-0.15, -0.1) is 0 Å². The lowest BCUT2D eigenvalue weighted by atomic mass is 9.97. The maximum absolute atomic E-state index is 13.3. The Kier molecular flexibility index (Phi) is 13.7. The predicted molar refractivity (Wildman–Crippen MR) is 139 cm³/mol. The first-order chi connectivity index (χ1) is 17.0. The zero-order valence-corrected chi connectivity index (χ0v) is 21.8. The van der Waals surface area contributed by atoms with Gasteiger partial charge in [0.25, 0.3) is 0 Å². The molecule has 0 saturated carbocycles. The zero-order valence-electron chi connectivity index (χ0n) is 21.8. The van der Waals surface area contributed by atoms with Gasteiger partial charge >= 0.3 is 5.97 Å². The highest BCUT2D eigenvalue weighted by atomic mass is 16.4. The first-order valence-corrected chi connectivity index (χ1v) is 12.6. The third kappa shape index (κ3) is 10.3. The summed E-state index contributed by atoms with van der Waals surface area (Å²) in [6, 6.07) is 5.35. The molecule has 0 aliphatic heterocycles. The molecule has 3 amide bonds.